The van der Waals surface area contributed by atoms with Crippen LogP contribution in [0.15, 0.2) is 42.5 Å². The minimum atomic E-state index is -0.107. The summed E-state index contributed by atoms with van der Waals surface area (Å²) in [5, 5.41) is 1.01. The van der Waals surface area contributed by atoms with Gasteiger partial charge in [-0.1, -0.05) is 58.3 Å². The van der Waals surface area contributed by atoms with Crippen LogP contribution in [0.1, 0.15) is 48.7 Å². The van der Waals surface area contributed by atoms with Crippen molar-refractivity contribution in [1.29, 1.82) is 0 Å². The number of carbonyl (C=O) groups is 1. The second kappa shape index (κ2) is 8.60. The maximum Gasteiger partial charge on any atom is 0.188 e. The first-order valence-corrected chi connectivity index (χ1v) is 9.52. The summed E-state index contributed by atoms with van der Waals surface area (Å²) in [5.41, 5.74) is 3.09. The number of carbonyl (C=O) groups excluding carboxylic acids is 1. The lowest BCUT2D eigenvalue weighted by atomic mass is 9.96. The molecule has 0 aliphatic heterocycles. The van der Waals surface area contributed by atoms with Crippen molar-refractivity contribution in [3.8, 4) is 5.75 Å². The largest absolute Gasteiger partial charge is 0.467 e. The number of para-hydroxylation sites is 1. The summed E-state index contributed by atoms with van der Waals surface area (Å²) in [5.74, 6) is 0.964. The Morgan fingerprint density at radius 1 is 1.20 bits per heavy atom. The molecule has 3 nitrogen and oxygen atoms in total. The maximum atomic E-state index is 12.1. The average molecular weight is 358 g/mol. The van der Waals surface area contributed by atoms with Crippen LogP contribution >= 0.6 is 8.58 Å². The van der Waals surface area contributed by atoms with Crippen molar-refractivity contribution >= 4 is 19.7 Å². The van der Waals surface area contributed by atoms with Crippen LogP contribution in [0.5, 0.6) is 5.75 Å². The molecule has 0 spiro atoms. The second-order valence-electron chi connectivity index (χ2n) is 6.46. The number of rotatable bonds is 8. The fraction of sp³-hybridized carbons (Fsp3) is 0.381. The lowest BCUT2D eigenvalue weighted by molar-refractivity contribution is 0.0500. The van der Waals surface area contributed by atoms with Crippen LogP contribution in [0.2, 0.25) is 0 Å². The number of hydrogen-bond donors (Lipinski definition) is 0. The molecule has 0 fully saturated rings. The van der Waals surface area contributed by atoms with E-state index in [1.54, 1.807) is 14.0 Å². The Morgan fingerprint density at radius 2 is 1.92 bits per heavy atom. The smallest absolute Gasteiger partial charge is 0.188 e. The van der Waals surface area contributed by atoms with Gasteiger partial charge >= 0.3 is 0 Å². The van der Waals surface area contributed by atoms with Crippen LogP contribution in [-0.2, 0) is 9.89 Å². The van der Waals surface area contributed by atoms with E-state index in [1.807, 2.05) is 31.2 Å². The molecule has 25 heavy (non-hydrogen) atoms. The minimum absolute atomic E-state index is 0.107. The van der Waals surface area contributed by atoms with Gasteiger partial charge < -0.3 is 9.47 Å². The molecule has 2 rings (SSSR count). The number of ether oxygens (including phenoxy) is 2. The third-order valence-electron chi connectivity index (χ3n) is 4.49. The van der Waals surface area contributed by atoms with Gasteiger partial charge in [-0.3, -0.25) is 4.79 Å². The lowest BCUT2D eigenvalue weighted by Crippen LogP contribution is -2.22. The van der Waals surface area contributed by atoms with E-state index in [-0.39, 0.29) is 17.7 Å². The standard InChI is InChI=1S/C21H27O3P/c1-6-21(4,18-9-7-8-10-19(18)24-14-23-5)25-20-12-11-15(2)13-17(20)16(3)22/h7-13,25H,6,14H2,1-5H3. The first-order valence-electron chi connectivity index (χ1n) is 8.52. The van der Waals surface area contributed by atoms with Crippen molar-refractivity contribution in [3.05, 3.63) is 59.2 Å². The van der Waals surface area contributed by atoms with Crippen LogP contribution in [0.4, 0.5) is 0 Å². The molecule has 0 aliphatic carbocycles. The first kappa shape index (κ1) is 19.6. The van der Waals surface area contributed by atoms with Crippen molar-refractivity contribution in [2.75, 3.05) is 13.9 Å². The number of ketones is 1. The van der Waals surface area contributed by atoms with Crippen molar-refractivity contribution in [2.24, 2.45) is 0 Å². The van der Waals surface area contributed by atoms with Crippen molar-refractivity contribution in [3.63, 3.8) is 0 Å². The van der Waals surface area contributed by atoms with Gasteiger partial charge in [0, 0.05) is 23.4 Å². The Bertz CT molecular complexity index is 742. The third-order valence-corrected chi connectivity index (χ3v) is 6.37. The summed E-state index contributed by atoms with van der Waals surface area (Å²) >= 11 is 0. The number of aryl methyl sites for hydroxylation is 1. The Kier molecular flexibility index (Phi) is 6.75. The van der Waals surface area contributed by atoms with Crippen molar-refractivity contribution in [2.45, 2.75) is 39.3 Å². The van der Waals surface area contributed by atoms with Gasteiger partial charge in [0.2, 0.25) is 0 Å². The van der Waals surface area contributed by atoms with Crippen LogP contribution in [0.25, 0.3) is 0 Å². The molecule has 2 aromatic rings. The quantitative estimate of drug-likeness (QED) is 0.386. The molecule has 2 aromatic carbocycles. The molecule has 4 heteroatoms. The first-order chi connectivity index (χ1) is 11.9. The molecular formula is C21H27O3P. The fourth-order valence-electron chi connectivity index (χ4n) is 2.87. The van der Waals surface area contributed by atoms with Gasteiger partial charge in [-0.15, -0.1) is 0 Å². The summed E-state index contributed by atoms with van der Waals surface area (Å²) in [4.78, 5) is 12.1. The summed E-state index contributed by atoms with van der Waals surface area (Å²) in [7, 11) is 2.09. The Hall–Kier alpha value is -1.70. The molecular weight excluding hydrogens is 331 g/mol. The molecule has 0 N–H and O–H groups in total. The summed E-state index contributed by atoms with van der Waals surface area (Å²) in [6, 6.07) is 14.3. The zero-order chi connectivity index (χ0) is 18.4. The molecule has 0 radical (unpaired) electrons. The zero-order valence-corrected chi connectivity index (χ0v) is 16.7. The normalized spacial score (nSPS) is 13.8. The molecule has 0 saturated carbocycles. The predicted octanol–water partition coefficient (Wildman–Crippen LogP) is 4.81. The van der Waals surface area contributed by atoms with Crippen LogP contribution in [-0.4, -0.2) is 19.7 Å². The molecule has 0 aliphatic rings. The number of hydrogen-bond acceptors (Lipinski definition) is 3. The Morgan fingerprint density at radius 3 is 2.56 bits per heavy atom. The fourth-order valence-corrected chi connectivity index (χ4v) is 4.53. The highest BCUT2D eigenvalue weighted by Gasteiger charge is 2.29. The van der Waals surface area contributed by atoms with Gasteiger partial charge in [0.05, 0.1) is 0 Å². The van der Waals surface area contributed by atoms with E-state index in [9.17, 15) is 4.79 Å². The summed E-state index contributed by atoms with van der Waals surface area (Å²) in [6.07, 6.45) is 0.948. The highest BCUT2D eigenvalue weighted by Crippen LogP contribution is 2.47. The van der Waals surface area contributed by atoms with Crippen LogP contribution in [0, 0.1) is 6.92 Å². The van der Waals surface area contributed by atoms with Gasteiger partial charge in [0.25, 0.3) is 0 Å². The Labute approximate surface area is 152 Å². The van der Waals surface area contributed by atoms with Gasteiger partial charge in [-0.05, 0) is 37.7 Å². The minimum Gasteiger partial charge on any atom is -0.467 e. The average Bonchev–Trinajstić information content (AvgIpc) is 2.61. The van der Waals surface area contributed by atoms with Gasteiger partial charge in [-0.25, -0.2) is 0 Å². The summed E-state index contributed by atoms with van der Waals surface area (Å²) < 4.78 is 10.8. The number of Topliss-reactive ketones (excluding diaryl/α,β-unsaturated/α-hetero) is 1. The van der Waals surface area contributed by atoms with E-state index in [0.29, 0.717) is 8.58 Å². The summed E-state index contributed by atoms with van der Waals surface area (Å²) in [6.45, 7) is 8.31. The van der Waals surface area contributed by atoms with E-state index in [2.05, 4.69) is 32.0 Å². The number of methoxy groups -OCH3 is 1. The van der Waals surface area contributed by atoms with Crippen molar-refractivity contribution in [1.82, 2.24) is 0 Å². The highest BCUT2D eigenvalue weighted by molar-refractivity contribution is 7.48. The van der Waals surface area contributed by atoms with Gasteiger partial charge in [0.15, 0.2) is 12.6 Å². The molecule has 0 aromatic heterocycles. The van der Waals surface area contributed by atoms with E-state index < -0.39 is 0 Å². The molecule has 2 atom stereocenters. The lowest BCUT2D eigenvalue weighted by Gasteiger charge is -2.31. The third kappa shape index (κ3) is 4.68. The Balaban J connectivity index is 2.44. The van der Waals surface area contributed by atoms with Crippen LogP contribution in [0.3, 0.4) is 0 Å². The highest BCUT2D eigenvalue weighted by atomic mass is 31.1. The van der Waals surface area contributed by atoms with E-state index in [4.69, 9.17) is 9.47 Å². The molecule has 0 saturated heterocycles. The molecule has 0 heterocycles. The molecule has 2 unspecified atom stereocenters. The van der Waals surface area contributed by atoms with E-state index >= 15 is 0 Å². The van der Waals surface area contributed by atoms with E-state index in [0.717, 1.165) is 34.2 Å². The monoisotopic (exact) mass is 358 g/mol. The zero-order valence-electron chi connectivity index (χ0n) is 15.7. The maximum absolute atomic E-state index is 12.1. The predicted molar refractivity (Wildman–Crippen MR) is 106 cm³/mol. The number of benzene rings is 2. The van der Waals surface area contributed by atoms with Crippen molar-refractivity contribution < 1.29 is 14.3 Å². The molecule has 0 bridgehead atoms. The van der Waals surface area contributed by atoms with Crippen LogP contribution < -0.4 is 10.0 Å². The topological polar surface area (TPSA) is 35.5 Å². The van der Waals surface area contributed by atoms with Gasteiger partial charge in [0.1, 0.15) is 5.75 Å². The van der Waals surface area contributed by atoms with E-state index in [1.165, 1.54) is 0 Å². The van der Waals surface area contributed by atoms with Gasteiger partial charge in [-0.2, -0.15) is 0 Å². The molecule has 134 valence electrons. The molecule has 0 amide bonds. The SMILES string of the molecule is CCC(C)(Pc1ccc(C)cc1C(C)=O)c1ccccc1OCOC. The second-order valence-corrected chi connectivity index (χ2v) is 8.36.